The van der Waals surface area contributed by atoms with Gasteiger partial charge >= 0.3 is 0 Å². The summed E-state index contributed by atoms with van der Waals surface area (Å²) in [6.45, 7) is 5.07. The second-order valence-electron chi connectivity index (χ2n) is 8.52. The van der Waals surface area contributed by atoms with Gasteiger partial charge in [-0.3, -0.25) is 0 Å². The van der Waals surface area contributed by atoms with Gasteiger partial charge in [0.05, 0.1) is 11.7 Å². The summed E-state index contributed by atoms with van der Waals surface area (Å²) < 4.78 is 0. The number of aliphatic hydroxyl groups is 1. The van der Waals surface area contributed by atoms with E-state index >= 15 is 0 Å². The first-order chi connectivity index (χ1) is 14.1. The lowest BCUT2D eigenvalue weighted by Gasteiger charge is -2.38. The molecule has 1 aliphatic rings. The molecule has 0 unspecified atom stereocenters. The summed E-state index contributed by atoms with van der Waals surface area (Å²) >= 11 is 0. The molecule has 2 aromatic carbocycles. The van der Waals surface area contributed by atoms with E-state index < -0.39 is 11.0 Å². The van der Waals surface area contributed by atoms with E-state index in [4.69, 9.17) is 0 Å². The van der Waals surface area contributed by atoms with Crippen molar-refractivity contribution >= 4 is 12.4 Å². The van der Waals surface area contributed by atoms with E-state index in [0.29, 0.717) is 0 Å². The van der Waals surface area contributed by atoms with E-state index in [9.17, 15) is 10.4 Å². The molecule has 30 heavy (non-hydrogen) atoms. The van der Waals surface area contributed by atoms with Gasteiger partial charge in [-0.2, -0.15) is 5.26 Å². The van der Waals surface area contributed by atoms with Crippen LogP contribution in [0.3, 0.4) is 0 Å². The summed E-state index contributed by atoms with van der Waals surface area (Å²) in [5, 5.41) is 21.0. The lowest BCUT2D eigenvalue weighted by atomic mass is 9.72. The van der Waals surface area contributed by atoms with Crippen LogP contribution < -0.4 is 0 Å². The van der Waals surface area contributed by atoms with Crippen LogP contribution >= 0.6 is 12.4 Å². The number of nitriles is 1. The molecule has 1 fully saturated rings. The number of piperidine rings is 1. The van der Waals surface area contributed by atoms with Crippen molar-refractivity contribution in [3.63, 3.8) is 0 Å². The molecule has 1 aliphatic heterocycles. The zero-order valence-electron chi connectivity index (χ0n) is 18.1. The Labute approximate surface area is 188 Å². The third-order valence-electron chi connectivity index (χ3n) is 6.53. The summed E-state index contributed by atoms with van der Waals surface area (Å²) in [6.07, 6.45) is 6.67. The molecule has 0 spiro atoms. The highest BCUT2D eigenvalue weighted by molar-refractivity contribution is 5.85. The van der Waals surface area contributed by atoms with Crippen molar-refractivity contribution in [2.24, 2.45) is 0 Å². The predicted octanol–water partition coefficient (Wildman–Crippen LogP) is 5.72. The summed E-state index contributed by atoms with van der Waals surface area (Å²) in [4.78, 5) is 2.46. The maximum Gasteiger partial charge on any atom is 0.107 e. The molecule has 1 saturated heterocycles. The molecular weight excluding hydrogens is 392 g/mol. The Hall–Kier alpha value is -1.86. The van der Waals surface area contributed by atoms with E-state index in [1.54, 1.807) is 0 Å². The van der Waals surface area contributed by atoms with E-state index in [-0.39, 0.29) is 12.4 Å². The summed E-state index contributed by atoms with van der Waals surface area (Å²) in [7, 11) is 0. The van der Waals surface area contributed by atoms with Gasteiger partial charge in [-0.1, -0.05) is 80.4 Å². The van der Waals surface area contributed by atoms with Crippen LogP contribution in [0.4, 0.5) is 0 Å². The third-order valence-corrected chi connectivity index (χ3v) is 6.53. The Morgan fingerprint density at radius 3 is 1.97 bits per heavy atom. The highest BCUT2D eigenvalue weighted by Crippen LogP contribution is 2.36. The van der Waals surface area contributed by atoms with Crippen molar-refractivity contribution < 1.29 is 5.11 Å². The van der Waals surface area contributed by atoms with Gasteiger partial charge < -0.3 is 10.0 Å². The molecule has 0 amide bonds. The summed E-state index contributed by atoms with van der Waals surface area (Å²) in [5.41, 5.74) is 1.07. The van der Waals surface area contributed by atoms with Crippen LogP contribution in [0.5, 0.6) is 0 Å². The lowest BCUT2D eigenvalue weighted by molar-refractivity contribution is -0.0292. The van der Waals surface area contributed by atoms with Crippen molar-refractivity contribution in [2.45, 2.75) is 62.9 Å². The average molecular weight is 427 g/mol. The SMILES string of the molecule is CCCCC1(O)CCN(CCCC(C#N)(c2ccccc2)c2ccccc2)CC1.Cl. The molecule has 4 heteroatoms. The number of rotatable bonds is 9. The van der Waals surface area contributed by atoms with Gasteiger partial charge in [-0.25, -0.2) is 0 Å². The van der Waals surface area contributed by atoms with Gasteiger partial charge in [0.2, 0.25) is 0 Å². The van der Waals surface area contributed by atoms with Crippen molar-refractivity contribution in [3.05, 3.63) is 71.8 Å². The zero-order chi connectivity index (χ0) is 20.6. The number of hydrogen-bond acceptors (Lipinski definition) is 3. The number of unbranched alkanes of at least 4 members (excludes halogenated alkanes) is 1. The smallest absolute Gasteiger partial charge is 0.107 e. The normalized spacial score (nSPS) is 16.4. The number of nitrogens with zero attached hydrogens (tertiary/aromatic N) is 2. The highest BCUT2D eigenvalue weighted by atomic mass is 35.5. The van der Waals surface area contributed by atoms with E-state index in [0.717, 1.165) is 75.7 Å². The molecule has 0 radical (unpaired) electrons. The molecule has 0 saturated carbocycles. The van der Waals surface area contributed by atoms with Gasteiger partial charge in [0, 0.05) is 13.1 Å². The second-order valence-corrected chi connectivity index (χ2v) is 8.52. The summed E-state index contributed by atoms with van der Waals surface area (Å²) in [6, 6.07) is 23.0. The van der Waals surface area contributed by atoms with Gasteiger partial charge in [0.1, 0.15) is 5.41 Å². The largest absolute Gasteiger partial charge is 0.390 e. The number of halogens is 1. The Morgan fingerprint density at radius 1 is 0.967 bits per heavy atom. The van der Waals surface area contributed by atoms with Crippen molar-refractivity contribution in [3.8, 4) is 6.07 Å². The molecule has 2 aromatic rings. The van der Waals surface area contributed by atoms with Crippen molar-refractivity contribution in [2.75, 3.05) is 19.6 Å². The Kier molecular flexibility index (Phi) is 9.37. The first kappa shape index (κ1) is 24.4. The molecule has 1 N–H and O–H groups in total. The number of benzene rings is 2. The van der Waals surface area contributed by atoms with Crippen LogP contribution in [0.15, 0.2) is 60.7 Å². The van der Waals surface area contributed by atoms with Crippen molar-refractivity contribution in [1.29, 1.82) is 5.26 Å². The van der Waals surface area contributed by atoms with Gasteiger partial charge in [-0.05, 0) is 49.8 Å². The first-order valence-electron chi connectivity index (χ1n) is 11.1. The van der Waals surface area contributed by atoms with Crippen LogP contribution in [0, 0.1) is 11.3 Å². The Morgan fingerprint density at radius 2 is 1.50 bits per heavy atom. The zero-order valence-corrected chi connectivity index (χ0v) is 18.9. The van der Waals surface area contributed by atoms with Gasteiger partial charge in [-0.15, -0.1) is 12.4 Å². The van der Waals surface area contributed by atoms with Crippen LogP contribution in [0.1, 0.15) is 63.0 Å². The maximum absolute atomic E-state index is 10.7. The number of hydrogen-bond donors (Lipinski definition) is 1. The first-order valence-corrected chi connectivity index (χ1v) is 11.1. The van der Waals surface area contributed by atoms with Crippen molar-refractivity contribution in [1.82, 2.24) is 4.90 Å². The minimum Gasteiger partial charge on any atom is -0.390 e. The number of likely N-dealkylation sites (tertiary alicyclic amines) is 1. The molecule has 0 atom stereocenters. The average Bonchev–Trinajstić information content (AvgIpc) is 2.78. The van der Waals surface area contributed by atoms with Crippen LogP contribution in [-0.2, 0) is 5.41 Å². The Bertz CT molecular complexity index is 740. The molecule has 0 bridgehead atoms. The standard InChI is InChI=1S/C26H34N2O.ClH/c1-2-3-15-25(29)17-20-28(21-18-25)19-10-16-26(22-27,23-11-6-4-7-12-23)24-13-8-5-9-14-24;/h4-9,11-14,29H,2-3,10,15-21H2,1H3;1H. The van der Waals surface area contributed by atoms with Crippen LogP contribution in [-0.4, -0.2) is 35.2 Å². The van der Waals surface area contributed by atoms with E-state index in [2.05, 4.69) is 42.2 Å². The minimum absolute atomic E-state index is 0. The monoisotopic (exact) mass is 426 g/mol. The topological polar surface area (TPSA) is 47.3 Å². The predicted molar refractivity (Wildman–Crippen MR) is 126 cm³/mol. The van der Waals surface area contributed by atoms with Gasteiger partial charge in [0.15, 0.2) is 0 Å². The fraction of sp³-hybridized carbons (Fsp3) is 0.500. The van der Waals surface area contributed by atoms with E-state index in [1.807, 2.05) is 36.4 Å². The molecule has 162 valence electrons. The third kappa shape index (κ3) is 5.85. The molecule has 0 aliphatic carbocycles. The lowest BCUT2D eigenvalue weighted by Crippen LogP contribution is -2.44. The molecule has 3 rings (SSSR count). The molecule has 3 nitrogen and oxygen atoms in total. The van der Waals surface area contributed by atoms with Crippen LogP contribution in [0.2, 0.25) is 0 Å². The maximum atomic E-state index is 10.7. The highest BCUT2D eigenvalue weighted by Gasteiger charge is 2.35. The minimum atomic E-state index is -0.611. The molecule has 0 aromatic heterocycles. The molecular formula is C26H35ClN2O. The van der Waals surface area contributed by atoms with E-state index in [1.165, 1.54) is 0 Å². The Balaban J connectivity index is 0.00000320. The summed E-state index contributed by atoms with van der Waals surface area (Å²) in [5.74, 6) is 0. The molecule has 1 heterocycles. The fourth-order valence-corrected chi connectivity index (χ4v) is 4.60. The quantitative estimate of drug-likeness (QED) is 0.558. The fourth-order valence-electron chi connectivity index (χ4n) is 4.60. The van der Waals surface area contributed by atoms with Gasteiger partial charge in [0.25, 0.3) is 0 Å². The van der Waals surface area contributed by atoms with Crippen LogP contribution in [0.25, 0.3) is 0 Å². The second kappa shape index (κ2) is 11.5.